The zero-order valence-electron chi connectivity index (χ0n) is 5.91. The lowest BCUT2D eigenvalue weighted by Crippen LogP contribution is -2.03. The van der Waals surface area contributed by atoms with E-state index in [1.54, 1.807) is 18.3 Å². The third-order valence-electron chi connectivity index (χ3n) is 1.72. The van der Waals surface area contributed by atoms with Crippen molar-refractivity contribution in [1.29, 1.82) is 0 Å². The number of fused-ring (bicyclic) bond motifs is 1. The summed E-state index contributed by atoms with van der Waals surface area (Å²) < 4.78 is 10.9. The van der Waals surface area contributed by atoms with Crippen molar-refractivity contribution in [1.82, 2.24) is 4.98 Å². The van der Waals surface area contributed by atoms with Gasteiger partial charge in [-0.2, -0.15) is 0 Å². The number of rotatable bonds is 0. The van der Waals surface area contributed by atoms with Gasteiger partial charge in [0.1, 0.15) is 9.74 Å². The summed E-state index contributed by atoms with van der Waals surface area (Å²) >= 11 is 11.7. The number of hydrogen-bond acceptors (Lipinski definition) is 2. The molecule has 0 aromatic carbocycles. The van der Waals surface area contributed by atoms with Crippen LogP contribution < -0.4 is 0 Å². The van der Waals surface area contributed by atoms with Gasteiger partial charge in [-0.15, -0.1) is 23.2 Å². The molecule has 1 aromatic heterocycles. The lowest BCUT2D eigenvalue weighted by atomic mass is 10.2. The molecule has 1 aliphatic rings. The normalized spacial score (nSPS) is 33.3. The Hall–Kier alpha value is -0.120. The van der Waals surface area contributed by atoms with E-state index in [-0.39, 0.29) is 5.38 Å². The van der Waals surface area contributed by atoms with Crippen molar-refractivity contribution in [2.24, 2.45) is 0 Å². The van der Waals surface area contributed by atoms with Gasteiger partial charge in [0, 0.05) is 11.8 Å². The maximum Gasteiger partial charge on any atom is 0.135 e. The van der Waals surface area contributed by atoms with E-state index >= 15 is 0 Å². The van der Waals surface area contributed by atoms with Crippen LogP contribution >= 0.6 is 23.2 Å². The molecule has 2 heterocycles. The Morgan fingerprint density at radius 2 is 2.25 bits per heavy atom. The van der Waals surface area contributed by atoms with Crippen molar-refractivity contribution < 1.29 is 4.21 Å². The van der Waals surface area contributed by atoms with E-state index in [0.717, 1.165) is 5.56 Å². The molecule has 2 nitrogen and oxygen atoms in total. The highest BCUT2D eigenvalue weighted by Crippen LogP contribution is 2.41. The molecule has 0 saturated carbocycles. The van der Waals surface area contributed by atoms with Crippen molar-refractivity contribution in [3.63, 3.8) is 0 Å². The molecule has 0 radical (unpaired) electrons. The zero-order valence-corrected chi connectivity index (χ0v) is 8.23. The van der Waals surface area contributed by atoms with E-state index in [4.69, 9.17) is 23.2 Å². The molecule has 0 bridgehead atoms. The largest absolute Gasteiger partial charge is 0.251 e. The molecule has 5 heteroatoms. The van der Waals surface area contributed by atoms with Crippen LogP contribution in [0.25, 0.3) is 0 Å². The van der Waals surface area contributed by atoms with Crippen LogP contribution in [0.2, 0.25) is 0 Å². The van der Waals surface area contributed by atoms with Gasteiger partial charge in [0.15, 0.2) is 0 Å². The molecule has 0 spiro atoms. The van der Waals surface area contributed by atoms with E-state index in [1.807, 2.05) is 0 Å². The summed E-state index contributed by atoms with van der Waals surface area (Å²) in [5, 5.41) is 0.147. The molecule has 0 aliphatic carbocycles. The van der Waals surface area contributed by atoms with Crippen molar-refractivity contribution in [3.05, 3.63) is 23.9 Å². The van der Waals surface area contributed by atoms with Gasteiger partial charge in [-0.25, -0.2) is 4.98 Å². The monoisotopic (exact) mass is 221 g/mol. The summed E-state index contributed by atoms with van der Waals surface area (Å²) in [6.45, 7) is 0. The van der Waals surface area contributed by atoms with Crippen molar-refractivity contribution in [2.75, 3.05) is 0 Å². The molecule has 1 unspecified atom stereocenters. The van der Waals surface area contributed by atoms with Gasteiger partial charge in [-0.05, 0) is 6.07 Å². The van der Waals surface area contributed by atoms with E-state index < -0.39 is 15.5 Å². The molecule has 0 saturated heterocycles. The molecule has 3 atom stereocenters. The fraction of sp³-hybridized carbons (Fsp3) is 0.286. The summed E-state index contributed by atoms with van der Waals surface area (Å²) in [5.74, 6) is 0. The Bertz CT molecular complexity index is 344. The van der Waals surface area contributed by atoms with Gasteiger partial charge in [0.25, 0.3) is 0 Å². The Kier molecular flexibility index (Phi) is 2.10. The second kappa shape index (κ2) is 2.98. The molecule has 1 aliphatic heterocycles. The highest BCUT2D eigenvalue weighted by atomic mass is 35.5. The lowest BCUT2D eigenvalue weighted by molar-refractivity contribution is 0.681. The number of nitrogens with zero attached hydrogens (tertiary/aromatic N) is 1. The topological polar surface area (TPSA) is 30.0 Å². The van der Waals surface area contributed by atoms with Crippen molar-refractivity contribution in [3.8, 4) is 0 Å². The van der Waals surface area contributed by atoms with E-state index in [9.17, 15) is 4.21 Å². The second-order valence-electron chi connectivity index (χ2n) is 2.45. The third-order valence-corrected chi connectivity index (χ3v) is 4.63. The fourth-order valence-electron chi connectivity index (χ4n) is 1.14. The van der Waals surface area contributed by atoms with Crippen molar-refractivity contribution >= 4 is 34.0 Å². The van der Waals surface area contributed by atoms with Gasteiger partial charge in [0.05, 0.1) is 16.2 Å². The molecule has 0 fully saturated rings. The van der Waals surface area contributed by atoms with Gasteiger partial charge in [-0.1, -0.05) is 6.07 Å². The Morgan fingerprint density at radius 3 is 2.92 bits per heavy atom. The molecule has 0 amide bonds. The molecule has 2 rings (SSSR count). The first-order valence-corrected chi connectivity index (χ1v) is 5.44. The van der Waals surface area contributed by atoms with Gasteiger partial charge < -0.3 is 0 Å². The molecule has 0 N–H and O–H groups in total. The standard InChI is InChI=1S/C7H5Cl2NOS/c8-5-4-2-1-3-10-7(4)12(11)6(5)9/h1-3,5-6H/t5-,6-,12?/m0/s1. The lowest BCUT2D eigenvalue weighted by Gasteiger charge is -2.01. The summed E-state index contributed by atoms with van der Waals surface area (Å²) in [6, 6.07) is 3.57. The van der Waals surface area contributed by atoms with Crippen LogP contribution in [0.4, 0.5) is 0 Å². The van der Waals surface area contributed by atoms with Crippen LogP contribution in [0.15, 0.2) is 23.4 Å². The maximum absolute atomic E-state index is 11.4. The van der Waals surface area contributed by atoms with Crippen molar-refractivity contribution in [2.45, 2.75) is 15.1 Å². The maximum atomic E-state index is 11.4. The fourth-order valence-corrected chi connectivity index (χ4v) is 3.22. The molecule has 1 aromatic rings. The first-order chi connectivity index (χ1) is 5.72. The number of hydrogen-bond donors (Lipinski definition) is 0. The average molecular weight is 222 g/mol. The second-order valence-corrected chi connectivity index (χ2v) is 5.14. The van der Waals surface area contributed by atoms with E-state index in [1.165, 1.54) is 0 Å². The highest BCUT2D eigenvalue weighted by Gasteiger charge is 2.37. The Morgan fingerprint density at radius 1 is 1.50 bits per heavy atom. The summed E-state index contributed by atoms with van der Waals surface area (Å²) in [7, 11) is -1.25. The molecular formula is C7H5Cl2NOS. The van der Waals surface area contributed by atoms with E-state index in [0.29, 0.717) is 5.03 Å². The average Bonchev–Trinajstić information content (AvgIpc) is 2.33. The number of halogens is 2. The van der Waals surface area contributed by atoms with Crippen LogP contribution in [0.1, 0.15) is 10.9 Å². The number of pyridine rings is 1. The SMILES string of the molecule is O=S1c2ncccc2[C@H](Cl)[C@H]1Cl. The molecule has 64 valence electrons. The predicted octanol–water partition coefficient (Wildman–Crippen LogP) is 2.05. The van der Waals surface area contributed by atoms with Gasteiger partial charge >= 0.3 is 0 Å². The van der Waals surface area contributed by atoms with Crippen LogP contribution in [0, 0.1) is 0 Å². The highest BCUT2D eigenvalue weighted by molar-refractivity contribution is 7.87. The molecule has 12 heavy (non-hydrogen) atoms. The van der Waals surface area contributed by atoms with Gasteiger partial charge in [0.2, 0.25) is 0 Å². The van der Waals surface area contributed by atoms with Crippen LogP contribution in [0.5, 0.6) is 0 Å². The minimum atomic E-state index is -1.25. The third kappa shape index (κ3) is 1.08. The predicted molar refractivity (Wildman–Crippen MR) is 48.9 cm³/mol. The first-order valence-electron chi connectivity index (χ1n) is 3.35. The molecular weight excluding hydrogens is 217 g/mol. The van der Waals surface area contributed by atoms with Crippen LogP contribution in [-0.2, 0) is 10.8 Å². The Labute approximate surface area is 82.4 Å². The van der Waals surface area contributed by atoms with Gasteiger partial charge in [-0.3, -0.25) is 4.21 Å². The summed E-state index contributed by atoms with van der Waals surface area (Å²) in [6.07, 6.45) is 1.59. The number of alkyl halides is 2. The minimum Gasteiger partial charge on any atom is -0.251 e. The minimum absolute atomic E-state index is 0.379. The van der Waals surface area contributed by atoms with Crippen LogP contribution in [-0.4, -0.2) is 13.9 Å². The van der Waals surface area contributed by atoms with E-state index in [2.05, 4.69) is 4.98 Å². The smallest absolute Gasteiger partial charge is 0.135 e. The van der Waals surface area contributed by atoms with Crippen LogP contribution in [0.3, 0.4) is 0 Å². The number of aromatic nitrogens is 1. The quantitative estimate of drug-likeness (QED) is 0.629. The summed E-state index contributed by atoms with van der Waals surface area (Å²) in [4.78, 5) is 3.97. The zero-order chi connectivity index (χ0) is 8.72. The summed E-state index contributed by atoms with van der Waals surface area (Å²) in [5.41, 5.74) is 0.789. The Balaban J connectivity index is 2.59. The first kappa shape index (κ1) is 8.48.